The molecule has 0 aliphatic carbocycles. The zero-order chi connectivity index (χ0) is 18.1. The molecule has 26 heavy (non-hydrogen) atoms. The lowest BCUT2D eigenvalue weighted by molar-refractivity contribution is 0.208. The van der Waals surface area contributed by atoms with Crippen LogP contribution in [0.4, 0.5) is 10.3 Å². The summed E-state index contributed by atoms with van der Waals surface area (Å²) in [6, 6.07) is 12.6. The summed E-state index contributed by atoms with van der Waals surface area (Å²) in [4.78, 5) is 7.00. The predicted octanol–water partition coefficient (Wildman–Crippen LogP) is 4.09. The van der Waals surface area contributed by atoms with E-state index in [2.05, 4.69) is 4.90 Å². The van der Waals surface area contributed by atoms with Crippen molar-refractivity contribution in [2.75, 3.05) is 24.6 Å². The Morgan fingerprint density at radius 1 is 1.19 bits per heavy atom. The molecule has 1 atom stereocenters. The highest BCUT2D eigenvalue weighted by atomic mass is 35.5. The van der Waals surface area contributed by atoms with Gasteiger partial charge in [-0.2, -0.15) is 0 Å². The third kappa shape index (κ3) is 3.17. The van der Waals surface area contributed by atoms with Gasteiger partial charge in [-0.3, -0.25) is 0 Å². The number of piperidine rings is 1. The highest BCUT2D eigenvalue weighted by Gasteiger charge is 2.24. The van der Waals surface area contributed by atoms with E-state index in [0.29, 0.717) is 17.1 Å². The van der Waals surface area contributed by atoms with Crippen LogP contribution < -0.4 is 4.90 Å². The Kier molecular flexibility index (Phi) is 4.83. The smallest absolute Gasteiger partial charge is 0.206 e. The number of imidazole rings is 1. The van der Waals surface area contributed by atoms with E-state index in [1.54, 1.807) is 12.1 Å². The number of hydrogen-bond acceptors (Lipinski definition) is 3. The summed E-state index contributed by atoms with van der Waals surface area (Å²) in [5, 5.41) is 9.97. The normalized spacial score (nSPS) is 17.8. The molecule has 1 N–H and O–H groups in total. The molecule has 0 spiro atoms. The summed E-state index contributed by atoms with van der Waals surface area (Å²) in [5.74, 6) is 0.742. The summed E-state index contributed by atoms with van der Waals surface area (Å²) in [6.07, 6.45) is 2.03. The third-order valence-electron chi connectivity index (χ3n) is 5.07. The first kappa shape index (κ1) is 17.3. The van der Waals surface area contributed by atoms with Crippen molar-refractivity contribution < 1.29 is 9.50 Å². The van der Waals surface area contributed by atoms with E-state index in [-0.39, 0.29) is 18.3 Å². The first-order valence-electron chi connectivity index (χ1n) is 8.91. The van der Waals surface area contributed by atoms with Crippen molar-refractivity contribution >= 4 is 28.6 Å². The van der Waals surface area contributed by atoms with Gasteiger partial charge in [0.15, 0.2) is 0 Å². The number of nitrogens with zero attached hydrogens (tertiary/aromatic N) is 3. The Balaban J connectivity index is 1.79. The van der Waals surface area contributed by atoms with Gasteiger partial charge in [0.2, 0.25) is 5.95 Å². The van der Waals surface area contributed by atoms with Crippen molar-refractivity contribution in [2.24, 2.45) is 5.92 Å². The fraction of sp³-hybridized carbons (Fsp3) is 0.350. The van der Waals surface area contributed by atoms with E-state index in [4.69, 9.17) is 16.6 Å². The maximum absolute atomic E-state index is 14.4. The number of anilines is 1. The Labute approximate surface area is 156 Å². The van der Waals surface area contributed by atoms with E-state index < -0.39 is 0 Å². The minimum Gasteiger partial charge on any atom is -0.396 e. The third-order valence-corrected chi connectivity index (χ3v) is 5.43. The number of fused-ring (bicyclic) bond motifs is 1. The minimum absolute atomic E-state index is 0.176. The first-order valence-corrected chi connectivity index (χ1v) is 9.29. The van der Waals surface area contributed by atoms with Crippen LogP contribution in [0.2, 0.25) is 5.02 Å². The van der Waals surface area contributed by atoms with Gasteiger partial charge in [-0.25, -0.2) is 9.37 Å². The van der Waals surface area contributed by atoms with Gasteiger partial charge in [-0.05, 0) is 43.0 Å². The van der Waals surface area contributed by atoms with Gasteiger partial charge in [-0.15, -0.1) is 0 Å². The molecule has 3 aromatic rings. The van der Waals surface area contributed by atoms with Gasteiger partial charge >= 0.3 is 0 Å². The van der Waals surface area contributed by atoms with E-state index in [9.17, 15) is 9.50 Å². The van der Waals surface area contributed by atoms with Crippen molar-refractivity contribution in [3.63, 3.8) is 0 Å². The highest BCUT2D eigenvalue weighted by molar-refractivity contribution is 6.31. The molecule has 6 heteroatoms. The van der Waals surface area contributed by atoms with E-state index in [0.717, 1.165) is 42.9 Å². The monoisotopic (exact) mass is 373 g/mol. The molecule has 0 saturated carbocycles. The molecule has 1 aliphatic rings. The van der Waals surface area contributed by atoms with Crippen LogP contribution >= 0.6 is 11.6 Å². The molecule has 0 amide bonds. The quantitative estimate of drug-likeness (QED) is 0.749. The molecule has 1 saturated heterocycles. The Bertz CT molecular complexity index is 906. The maximum atomic E-state index is 14.4. The minimum atomic E-state index is -0.312. The van der Waals surface area contributed by atoms with Crippen molar-refractivity contribution in [3.05, 3.63) is 58.9 Å². The second-order valence-electron chi connectivity index (χ2n) is 6.82. The zero-order valence-corrected chi connectivity index (χ0v) is 15.2. The summed E-state index contributed by atoms with van der Waals surface area (Å²) >= 11 is 6.26. The average molecular weight is 374 g/mol. The predicted molar refractivity (Wildman–Crippen MR) is 102 cm³/mol. The number of hydrogen-bond donors (Lipinski definition) is 1. The zero-order valence-electron chi connectivity index (χ0n) is 14.4. The molecular weight excluding hydrogens is 353 g/mol. The number of rotatable bonds is 4. The van der Waals surface area contributed by atoms with Crippen LogP contribution in [0.1, 0.15) is 18.4 Å². The SMILES string of the molecule is OCC1CCCN(c2nc3ccccc3n2Cc2c(F)cccc2Cl)C1. The molecule has 1 aromatic heterocycles. The van der Waals surface area contributed by atoms with Crippen molar-refractivity contribution in [3.8, 4) is 0 Å². The van der Waals surface area contributed by atoms with Crippen LogP contribution in [-0.2, 0) is 6.54 Å². The number of para-hydroxylation sites is 2. The molecule has 2 aromatic carbocycles. The largest absolute Gasteiger partial charge is 0.396 e. The topological polar surface area (TPSA) is 41.3 Å². The average Bonchev–Trinajstić information content (AvgIpc) is 3.03. The number of aliphatic hydroxyl groups is 1. The molecule has 4 nitrogen and oxygen atoms in total. The van der Waals surface area contributed by atoms with Crippen LogP contribution in [0.25, 0.3) is 11.0 Å². The molecule has 136 valence electrons. The van der Waals surface area contributed by atoms with Gasteiger partial charge in [-0.1, -0.05) is 29.8 Å². The molecular formula is C20H21ClFN3O. The van der Waals surface area contributed by atoms with Crippen LogP contribution in [0.15, 0.2) is 42.5 Å². The molecule has 0 radical (unpaired) electrons. The number of aliphatic hydroxyl groups excluding tert-OH is 1. The number of aromatic nitrogens is 2. The van der Waals surface area contributed by atoms with Gasteiger partial charge < -0.3 is 14.6 Å². The highest BCUT2D eigenvalue weighted by Crippen LogP contribution is 2.29. The van der Waals surface area contributed by atoms with E-state index in [1.165, 1.54) is 6.07 Å². The fourth-order valence-electron chi connectivity index (χ4n) is 3.70. The van der Waals surface area contributed by atoms with Gasteiger partial charge in [0.1, 0.15) is 5.82 Å². The van der Waals surface area contributed by atoms with Gasteiger partial charge in [0, 0.05) is 30.3 Å². The second-order valence-corrected chi connectivity index (χ2v) is 7.23. The standard InChI is InChI=1S/C20H21ClFN3O/c21-16-6-3-7-17(22)15(16)12-25-19-9-2-1-8-18(19)23-20(25)24-10-4-5-14(11-24)13-26/h1-3,6-9,14,26H,4-5,10-13H2. The lowest BCUT2D eigenvalue weighted by Crippen LogP contribution is -2.38. The molecule has 1 aliphatic heterocycles. The van der Waals surface area contributed by atoms with Crippen LogP contribution in [0.3, 0.4) is 0 Å². The maximum Gasteiger partial charge on any atom is 0.206 e. The molecule has 2 heterocycles. The molecule has 1 unspecified atom stereocenters. The lowest BCUT2D eigenvalue weighted by atomic mass is 9.99. The number of benzene rings is 2. The second kappa shape index (κ2) is 7.25. The molecule has 1 fully saturated rings. The van der Waals surface area contributed by atoms with Crippen molar-refractivity contribution in [1.82, 2.24) is 9.55 Å². The molecule has 0 bridgehead atoms. The Hall–Kier alpha value is -2.11. The van der Waals surface area contributed by atoms with Crippen molar-refractivity contribution in [1.29, 1.82) is 0 Å². The first-order chi connectivity index (χ1) is 12.7. The van der Waals surface area contributed by atoms with E-state index >= 15 is 0 Å². The fourth-order valence-corrected chi connectivity index (χ4v) is 3.92. The number of halogens is 2. The Morgan fingerprint density at radius 2 is 2.04 bits per heavy atom. The van der Waals surface area contributed by atoms with Gasteiger partial charge in [0.05, 0.1) is 17.6 Å². The van der Waals surface area contributed by atoms with Crippen LogP contribution in [-0.4, -0.2) is 34.4 Å². The Morgan fingerprint density at radius 3 is 2.85 bits per heavy atom. The van der Waals surface area contributed by atoms with Crippen LogP contribution in [0, 0.1) is 11.7 Å². The van der Waals surface area contributed by atoms with E-state index in [1.807, 2.05) is 28.8 Å². The van der Waals surface area contributed by atoms with Crippen molar-refractivity contribution in [2.45, 2.75) is 19.4 Å². The summed E-state index contributed by atoms with van der Waals surface area (Å²) in [6.45, 7) is 2.13. The summed E-state index contributed by atoms with van der Waals surface area (Å²) in [5.41, 5.74) is 2.29. The van der Waals surface area contributed by atoms with Crippen LogP contribution in [0.5, 0.6) is 0 Å². The van der Waals surface area contributed by atoms with Gasteiger partial charge in [0.25, 0.3) is 0 Å². The summed E-state index contributed by atoms with van der Waals surface area (Å²) < 4.78 is 16.4. The molecule has 4 rings (SSSR count). The lowest BCUT2D eigenvalue weighted by Gasteiger charge is -2.33. The summed E-state index contributed by atoms with van der Waals surface area (Å²) in [7, 11) is 0.